The Bertz CT molecular complexity index is 909. The van der Waals surface area contributed by atoms with Crippen LogP contribution in [-0.2, 0) is 4.79 Å². The number of likely N-dealkylation sites (tertiary alicyclic amines) is 1. The topological polar surface area (TPSA) is 66.8 Å². The van der Waals surface area contributed by atoms with Gasteiger partial charge in [-0.15, -0.1) is 0 Å². The van der Waals surface area contributed by atoms with Crippen LogP contribution in [-0.4, -0.2) is 40.6 Å². The summed E-state index contributed by atoms with van der Waals surface area (Å²) in [7, 11) is 0. The fourth-order valence-corrected chi connectivity index (χ4v) is 6.98. The lowest BCUT2D eigenvalue weighted by Crippen LogP contribution is -2.40. The molecule has 6 aliphatic rings. The molecular formula is C24H28FNO4. The van der Waals surface area contributed by atoms with Crippen LogP contribution in [0.15, 0.2) is 12.1 Å². The summed E-state index contributed by atoms with van der Waals surface area (Å²) in [6.07, 6.45) is 8.35. The van der Waals surface area contributed by atoms with Gasteiger partial charge in [0.2, 0.25) is 0 Å². The van der Waals surface area contributed by atoms with Crippen LogP contribution in [0.5, 0.6) is 5.75 Å². The van der Waals surface area contributed by atoms with E-state index in [0.29, 0.717) is 42.9 Å². The summed E-state index contributed by atoms with van der Waals surface area (Å²) >= 11 is 0. The molecule has 7 rings (SSSR count). The number of ether oxygens (including phenoxy) is 1. The van der Waals surface area contributed by atoms with Crippen LogP contribution in [0.2, 0.25) is 0 Å². The fourth-order valence-electron chi connectivity index (χ4n) is 6.98. The van der Waals surface area contributed by atoms with E-state index < -0.39 is 23.7 Å². The minimum atomic E-state index is -1.02. The summed E-state index contributed by atoms with van der Waals surface area (Å²) in [4.78, 5) is 25.8. The molecule has 30 heavy (non-hydrogen) atoms. The van der Waals surface area contributed by atoms with Gasteiger partial charge in [0.25, 0.3) is 5.91 Å². The second-order valence-electron chi connectivity index (χ2n) is 10.2. The number of carbonyl (C=O) groups excluding carboxylic acids is 1. The highest BCUT2D eigenvalue weighted by atomic mass is 19.1. The first kappa shape index (κ1) is 18.6. The summed E-state index contributed by atoms with van der Waals surface area (Å²) in [6, 6.07) is 2.21. The highest BCUT2D eigenvalue weighted by molar-refractivity contribution is 5.97. The van der Waals surface area contributed by atoms with E-state index in [2.05, 4.69) is 0 Å². The molecule has 5 saturated carbocycles. The maximum Gasteiger partial charge on any atom is 0.326 e. The Morgan fingerprint density at radius 1 is 1.07 bits per heavy atom. The molecule has 4 unspecified atom stereocenters. The number of hydrogen-bond acceptors (Lipinski definition) is 3. The highest BCUT2D eigenvalue weighted by Gasteiger charge is 2.55. The van der Waals surface area contributed by atoms with E-state index in [1.54, 1.807) is 6.07 Å². The molecule has 1 N–H and O–H groups in total. The van der Waals surface area contributed by atoms with Crippen LogP contribution in [0.25, 0.3) is 0 Å². The van der Waals surface area contributed by atoms with E-state index in [9.17, 15) is 14.7 Å². The maximum atomic E-state index is 15.1. The number of halogens is 1. The number of nitrogens with zero attached hydrogens (tertiary/aromatic N) is 1. The van der Waals surface area contributed by atoms with Crippen molar-refractivity contribution in [2.75, 3.05) is 6.54 Å². The van der Waals surface area contributed by atoms with Crippen LogP contribution in [0.4, 0.5) is 4.39 Å². The summed E-state index contributed by atoms with van der Waals surface area (Å²) in [5.74, 6) is 1.63. The van der Waals surface area contributed by atoms with E-state index in [-0.39, 0.29) is 11.7 Å². The third-order valence-corrected chi connectivity index (χ3v) is 8.38. The molecule has 0 aromatic heterocycles. The Kier molecular flexibility index (Phi) is 4.16. The molecule has 1 heterocycles. The van der Waals surface area contributed by atoms with E-state index >= 15 is 4.39 Å². The first-order chi connectivity index (χ1) is 14.5. The van der Waals surface area contributed by atoms with Crippen LogP contribution in [0.3, 0.4) is 0 Å². The number of carbonyl (C=O) groups is 2. The largest absolute Gasteiger partial charge is 0.489 e. The molecule has 6 fully saturated rings. The highest BCUT2D eigenvalue weighted by Crippen LogP contribution is 2.59. The second-order valence-corrected chi connectivity index (χ2v) is 10.2. The van der Waals surface area contributed by atoms with E-state index in [1.165, 1.54) is 36.6 Å². The molecule has 4 bridgehead atoms. The molecule has 1 aromatic rings. The summed E-state index contributed by atoms with van der Waals surface area (Å²) in [6.45, 7) is 0.361. The van der Waals surface area contributed by atoms with Crippen molar-refractivity contribution < 1.29 is 23.8 Å². The van der Waals surface area contributed by atoms with Gasteiger partial charge in [-0.05, 0) is 92.6 Å². The van der Waals surface area contributed by atoms with Gasteiger partial charge in [0, 0.05) is 12.6 Å². The lowest BCUT2D eigenvalue weighted by molar-refractivity contribution is -0.141. The summed E-state index contributed by atoms with van der Waals surface area (Å²) in [5.41, 5.74) is 0.925. The van der Waals surface area contributed by atoms with Gasteiger partial charge >= 0.3 is 5.97 Å². The second kappa shape index (κ2) is 6.69. The monoisotopic (exact) mass is 413 g/mol. The maximum absolute atomic E-state index is 15.1. The molecular weight excluding hydrogens is 385 g/mol. The third kappa shape index (κ3) is 2.86. The first-order valence-corrected chi connectivity index (χ1v) is 11.5. The molecule has 5 nitrogen and oxygen atoms in total. The summed E-state index contributed by atoms with van der Waals surface area (Å²) in [5, 5.41) is 9.40. The Morgan fingerprint density at radius 2 is 1.87 bits per heavy atom. The zero-order chi connectivity index (χ0) is 20.6. The van der Waals surface area contributed by atoms with Crippen molar-refractivity contribution in [2.24, 2.45) is 23.7 Å². The lowest BCUT2D eigenvalue weighted by atomic mass is 9.80. The number of carboxylic acids is 1. The molecule has 1 saturated heterocycles. The van der Waals surface area contributed by atoms with Crippen molar-refractivity contribution in [2.45, 2.75) is 69.4 Å². The number of amides is 1. The van der Waals surface area contributed by atoms with Crippen LogP contribution >= 0.6 is 0 Å². The van der Waals surface area contributed by atoms with Crippen LogP contribution in [0.1, 0.15) is 73.2 Å². The average Bonchev–Trinajstić information content (AvgIpc) is 3.29. The zero-order valence-corrected chi connectivity index (χ0v) is 17.1. The molecule has 6 atom stereocenters. The Hall–Kier alpha value is -2.11. The molecule has 1 aromatic carbocycles. The Balaban J connectivity index is 1.30. The number of hydrogen-bond donors (Lipinski definition) is 1. The van der Waals surface area contributed by atoms with Gasteiger partial charge in [-0.25, -0.2) is 9.18 Å². The van der Waals surface area contributed by atoms with E-state index in [1.807, 2.05) is 0 Å². The zero-order valence-electron chi connectivity index (χ0n) is 17.1. The minimum absolute atomic E-state index is 0.00808. The smallest absolute Gasteiger partial charge is 0.326 e. The van der Waals surface area contributed by atoms with Gasteiger partial charge in [-0.1, -0.05) is 0 Å². The van der Waals surface area contributed by atoms with Gasteiger partial charge in [-0.3, -0.25) is 4.79 Å². The van der Waals surface area contributed by atoms with Gasteiger partial charge in [0.1, 0.15) is 23.7 Å². The van der Waals surface area contributed by atoms with E-state index in [4.69, 9.17) is 4.74 Å². The first-order valence-electron chi connectivity index (χ1n) is 11.5. The van der Waals surface area contributed by atoms with Crippen LogP contribution in [0, 0.1) is 29.5 Å². The molecule has 0 spiro atoms. The number of benzene rings is 1. The molecule has 160 valence electrons. The predicted octanol–water partition coefficient (Wildman–Crippen LogP) is 4.21. The van der Waals surface area contributed by atoms with Crippen molar-refractivity contribution in [1.29, 1.82) is 0 Å². The van der Waals surface area contributed by atoms with Gasteiger partial charge in [0.15, 0.2) is 0 Å². The number of rotatable bonds is 5. The normalized spacial score (nSPS) is 36.5. The molecule has 5 aliphatic carbocycles. The van der Waals surface area contributed by atoms with Gasteiger partial charge in [-0.2, -0.15) is 0 Å². The summed E-state index contributed by atoms with van der Waals surface area (Å²) < 4.78 is 21.6. The van der Waals surface area contributed by atoms with Crippen molar-refractivity contribution in [3.8, 4) is 5.75 Å². The fraction of sp³-hybridized carbons (Fsp3) is 0.667. The third-order valence-electron chi connectivity index (χ3n) is 8.38. The van der Waals surface area contributed by atoms with Crippen molar-refractivity contribution in [3.63, 3.8) is 0 Å². The number of carboxylic acid groups (broad SMARTS) is 1. The number of aliphatic carboxylic acids is 1. The molecule has 0 radical (unpaired) electrons. The van der Waals surface area contributed by atoms with Crippen molar-refractivity contribution in [1.82, 2.24) is 4.90 Å². The standard InChI is InChI=1S/C24H28FNO4/c25-19-11-21(30-22-15-7-12-6-14(9-15)17(22)8-12)16(13-3-4-13)10-18(19)23(27)26-5-1-2-20(26)24(28)29/h10-15,17,20,22H,1-9H2,(H,28,29)/t12?,14?,15?,17?,20-,22+/m0/s1. The Morgan fingerprint density at radius 3 is 2.60 bits per heavy atom. The quantitative estimate of drug-likeness (QED) is 0.785. The van der Waals surface area contributed by atoms with Gasteiger partial charge < -0.3 is 14.7 Å². The predicted molar refractivity (Wildman–Crippen MR) is 107 cm³/mol. The van der Waals surface area contributed by atoms with Crippen molar-refractivity contribution in [3.05, 3.63) is 29.1 Å². The van der Waals surface area contributed by atoms with Crippen LogP contribution < -0.4 is 4.74 Å². The lowest BCUT2D eigenvalue weighted by Gasteiger charge is -2.33. The minimum Gasteiger partial charge on any atom is -0.489 e. The molecule has 1 amide bonds. The average molecular weight is 413 g/mol. The SMILES string of the molecule is O=C(O)[C@@H]1CCCN1C(=O)c1cc(C2CC2)c(O[C@@H]2C3CC4CC(C3)C2C4)cc1F. The molecule has 1 aliphatic heterocycles. The van der Waals surface area contributed by atoms with Crippen molar-refractivity contribution >= 4 is 11.9 Å². The Labute approximate surface area is 175 Å². The van der Waals surface area contributed by atoms with E-state index in [0.717, 1.165) is 30.2 Å². The molecule has 6 heteroatoms. The van der Waals surface area contributed by atoms with Gasteiger partial charge in [0.05, 0.1) is 5.56 Å².